The van der Waals surface area contributed by atoms with Crippen LogP contribution in [-0.4, -0.2) is 27.0 Å². The quantitative estimate of drug-likeness (QED) is 0.725. The van der Waals surface area contributed by atoms with Crippen LogP contribution in [0.15, 0.2) is 42.5 Å². The van der Waals surface area contributed by atoms with Crippen molar-refractivity contribution in [1.82, 2.24) is 10.2 Å². The van der Waals surface area contributed by atoms with E-state index in [1.165, 1.54) is 0 Å². The lowest BCUT2D eigenvalue weighted by Crippen LogP contribution is -2.25. The lowest BCUT2D eigenvalue weighted by molar-refractivity contribution is 0.465. The van der Waals surface area contributed by atoms with Crippen LogP contribution in [0, 0.1) is 13.8 Å². The largest absolute Gasteiger partial charge is 0.508 e. The normalized spacial score (nSPS) is 13.5. The molecule has 132 valence electrons. The highest BCUT2D eigenvalue weighted by Crippen LogP contribution is 2.38. The van der Waals surface area contributed by atoms with Gasteiger partial charge in [-0.15, -0.1) is 10.2 Å². The summed E-state index contributed by atoms with van der Waals surface area (Å²) >= 11 is 0. The van der Waals surface area contributed by atoms with Crippen LogP contribution in [0.5, 0.6) is 11.5 Å². The second-order valence-electron chi connectivity index (χ2n) is 6.78. The Morgan fingerprint density at radius 1 is 0.962 bits per heavy atom. The highest BCUT2D eigenvalue weighted by Gasteiger charge is 2.22. The van der Waals surface area contributed by atoms with Crippen molar-refractivity contribution >= 4 is 11.5 Å². The fourth-order valence-corrected chi connectivity index (χ4v) is 3.73. The smallest absolute Gasteiger partial charge is 0.155 e. The highest BCUT2D eigenvalue weighted by molar-refractivity contribution is 5.73. The van der Waals surface area contributed by atoms with E-state index in [0.29, 0.717) is 17.0 Å². The van der Waals surface area contributed by atoms with E-state index >= 15 is 0 Å². The van der Waals surface area contributed by atoms with Crippen molar-refractivity contribution in [1.29, 1.82) is 0 Å². The molecule has 5 heteroatoms. The van der Waals surface area contributed by atoms with Gasteiger partial charge in [-0.25, -0.2) is 0 Å². The Hall–Kier alpha value is -3.08. The number of nitrogens with zero attached hydrogens (tertiary/aromatic N) is 3. The first kappa shape index (κ1) is 16.4. The molecule has 0 atom stereocenters. The summed E-state index contributed by atoms with van der Waals surface area (Å²) in [5.74, 6) is 1.29. The number of phenols is 2. The SMILES string of the molecule is Cc1cc(C)c(-c2ccc(N3CCCc4c(O)cccc43)nn2)c(O)c1. The van der Waals surface area contributed by atoms with E-state index in [2.05, 4.69) is 15.1 Å². The second kappa shape index (κ2) is 6.33. The number of benzene rings is 2. The first-order valence-corrected chi connectivity index (χ1v) is 8.77. The van der Waals surface area contributed by atoms with Gasteiger partial charge in [-0.05, 0) is 68.1 Å². The minimum Gasteiger partial charge on any atom is -0.508 e. The molecule has 5 nitrogen and oxygen atoms in total. The van der Waals surface area contributed by atoms with E-state index in [1.807, 2.05) is 44.2 Å². The maximum atomic E-state index is 10.3. The van der Waals surface area contributed by atoms with Crippen LogP contribution in [0.1, 0.15) is 23.1 Å². The van der Waals surface area contributed by atoms with Crippen LogP contribution in [0.2, 0.25) is 0 Å². The molecule has 26 heavy (non-hydrogen) atoms. The van der Waals surface area contributed by atoms with Crippen molar-refractivity contribution < 1.29 is 10.2 Å². The molecule has 2 heterocycles. The molecule has 0 aliphatic carbocycles. The van der Waals surface area contributed by atoms with E-state index in [9.17, 15) is 10.2 Å². The first-order valence-electron chi connectivity index (χ1n) is 8.77. The highest BCUT2D eigenvalue weighted by atomic mass is 16.3. The van der Waals surface area contributed by atoms with Gasteiger partial charge in [0.1, 0.15) is 11.5 Å². The maximum Gasteiger partial charge on any atom is 0.155 e. The monoisotopic (exact) mass is 347 g/mol. The van der Waals surface area contributed by atoms with Crippen LogP contribution in [0.25, 0.3) is 11.3 Å². The van der Waals surface area contributed by atoms with E-state index in [-0.39, 0.29) is 5.75 Å². The van der Waals surface area contributed by atoms with Crippen molar-refractivity contribution in [3.63, 3.8) is 0 Å². The number of fused-ring (bicyclic) bond motifs is 1. The third kappa shape index (κ3) is 2.75. The minimum absolute atomic E-state index is 0.220. The Bertz CT molecular complexity index is 944. The molecule has 0 spiro atoms. The van der Waals surface area contributed by atoms with Gasteiger partial charge in [0.15, 0.2) is 5.82 Å². The van der Waals surface area contributed by atoms with E-state index in [1.54, 1.807) is 12.1 Å². The molecule has 4 rings (SSSR count). The average molecular weight is 347 g/mol. The second-order valence-corrected chi connectivity index (χ2v) is 6.78. The van der Waals surface area contributed by atoms with Crippen molar-refractivity contribution in [2.45, 2.75) is 26.7 Å². The summed E-state index contributed by atoms with van der Waals surface area (Å²) in [7, 11) is 0. The Labute approximate surface area is 152 Å². The summed E-state index contributed by atoms with van der Waals surface area (Å²) in [6.07, 6.45) is 1.81. The predicted molar refractivity (Wildman–Crippen MR) is 102 cm³/mol. The summed E-state index contributed by atoms with van der Waals surface area (Å²) in [5.41, 5.74) is 5.28. The number of anilines is 2. The van der Waals surface area contributed by atoms with Gasteiger partial charge >= 0.3 is 0 Å². The van der Waals surface area contributed by atoms with Gasteiger partial charge in [-0.2, -0.15) is 0 Å². The van der Waals surface area contributed by atoms with Gasteiger partial charge in [0, 0.05) is 23.4 Å². The zero-order chi connectivity index (χ0) is 18.3. The minimum atomic E-state index is 0.220. The number of aromatic nitrogens is 2. The van der Waals surface area contributed by atoms with Crippen molar-refractivity contribution in [2.75, 3.05) is 11.4 Å². The summed E-state index contributed by atoms with van der Waals surface area (Å²) < 4.78 is 0. The summed E-state index contributed by atoms with van der Waals surface area (Å²) in [4.78, 5) is 2.08. The Morgan fingerprint density at radius 3 is 2.54 bits per heavy atom. The van der Waals surface area contributed by atoms with Crippen molar-refractivity contribution in [3.05, 3.63) is 59.2 Å². The van der Waals surface area contributed by atoms with Gasteiger partial charge < -0.3 is 15.1 Å². The van der Waals surface area contributed by atoms with Gasteiger partial charge in [0.25, 0.3) is 0 Å². The van der Waals surface area contributed by atoms with Crippen molar-refractivity contribution in [2.24, 2.45) is 0 Å². The molecule has 0 fully saturated rings. The van der Waals surface area contributed by atoms with Crippen LogP contribution in [-0.2, 0) is 6.42 Å². The van der Waals surface area contributed by atoms with E-state index in [0.717, 1.165) is 47.6 Å². The zero-order valence-electron chi connectivity index (χ0n) is 14.9. The number of aromatic hydroxyl groups is 2. The van der Waals surface area contributed by atoms with Crippen molar-refractivity contribution in [3.8, 4) is 22.8 Å². The fourth-order valence-electron chi connectivity index (χ4n) is 3.73. The lowest BCUT2D eigenvalue weighted by atomic mass is 10.00. The molecule has 3 aromatic rings. The topological polar surface area (TPSA) is 69.5 Å². The Morgan fingerprint density at radius 2 is 1.81 bits per heavy atom. The van der Waals surface area contributed by atoms with Gasteiger partial charge in [0.2, 0.25) is 0 Å². The standard InChI is InChI=1S/C21H21N3O2/c1-13-11-14(2)21(19(26)12-13)16-8-9-20(23-22-16)24-10-4-5-15-17(24)6-3-7-18(15)25/h3,6-9,11-12,25-26H,4-5,10H2,1-2H3. The van der Waals surface area contributed by atoms with E-state index in [4.69, 9.17) is 0 Å². The molecule has 0 radical (unpaired) electrons. The van der Waals surface area contributed by atoms with Crippen LogP contribution in [0.3, 0.4) is 0 Å². The van der Waals surface area contributed by atoms with Gasteiger partial charge in [-0.3, -0.25) is 0 Å². The Kier molecular flexibility index (Phi) is 3.99. The summed E-state index contributed by atoms with van der Waals surface area (Å²) in [6, 6.07) is 13.1. The van der Waals surface area contributed by atoms with Gasteiger partial charge in [0.05, 0.1) is 5.69 Å². The molecule has 1 aliphatic rings. The molecule has 0 unspecified atom stereocenters. The molecule has 0 bridgehead atoms. The maximum absolute atomic E-state index is 10.3. The number of hydrogen-bond acceptors (Lipinski definition) is 5. The number of phenolic OH excluding ortho intramolecular Hbond substituents is 2. The van der Waals surface area contributed by atoms with Crippen LogP contribution >= 0.6 is 0 Å². The third-order valence-corrected chi connectivity index (χ3v) is 4.87. The molecule has 0 saturated carbocycles. The Balaban J connectivity index is 1.72. The van der Waals surface area contributed by atoms with Crippen LogP contribution in [0.4, 0.5) is 11.5 Å². The summed E-state index contributed by atoms with van der Waals surface area (Å²) in [6.45, 7) is 4.75. The average Bonchev–Trinajstić information content (AvgIpc) is 2.61. The molecule has 2 N–H and O–H groups in total. The van der Waals surface area contributed by atoms with Gasteiger partial charge in [-0.1, -0.05) is 12.1 Å². The molecule has 2 aromatic carbocycles. The number of rotatable bonds is 2. The molecule has 0 saturated heterocycles. The summed E-state index contributed by atoms with van der Waals surface area (Å²) in [5, 5.41) is 29.2. The molecule has 1 aliphatic heterocycles. The molecule has 1 aromatic heterocycles. The molecule has 0 amide bonds. The number of aryl methyl sites for hydroxylation is 2. The van der Waals surface area contributed by atoms with Crippen LogP contribution < -0.4 is 4.90 Å². The molecular weight excluding hydrogens is 326 g/mol. The number of hydrogen-bond donors (Lipinski definition) is 2. The van der Waals surface area contributed by atoms with E-state index < -0.39 is 0 Å². The zero-order valence-corrected chi connectivity index (χ0v) is 14.9. The first-order chi connectivity index (χ1) is 12.5. The molecular formula is C21H21N3O2. The lowest BCUT2D eigenvalue weighted by Gasteiger charge is -2.30. The third-order valence-electron chi connectivity index (χ3n) is 4.87. The fraction of sp³-hybridized carbons (Fsp3) is 0.238. The predicted octanol–water partition coefficient (Wildman–Crippen LogP) is 4.26.